The number of imide groups is 1. The van der Waals surface area contributed by atoms with Gasteiger partial charge in [-0.25, -0.2) is 0 Å². The van der Waals surface area contributed by atoms with Crippen molar-refractivity contribution in [1.29, 1.82) is 0 Å². The van der Waals surface area contributed by atoms with Gasteiger partial charge in [-0.15, -0.1) is 0 Å². The largest absolute Gasteiger partial charge is 0.278 e. The molecule has 0 atom stereocenters. The molecule has 72 valence electrons. The molecule has 0 radical (unpaired) electrons. The van der Waals surface area contributed by atoms with Crippen LogP contribution in [-0.2, 0) is 9.59 Å². The Balaban J connectivity index is 2.99. The maximum atomic E-state index is 11.1. The van der Waals surface area contributed by atoms with Crippen LogP contribution in [0.25, 0.3) is 0 Å². The fraction of sp³-hybridized carbons (Fsp3) is 0.556. The Morgan fingerprint density at radius 3 is 2.31 bits per heavy atom. The Kier molecular flexibility index (Phi) is 2.26. The second-order valence-corrected chi connectivity index (χ2v) is 4.14. The number of carbonyl (C=O) groups is 2. The van der Waals surface area contributed by atoms with E-state index in [0.717, 1.165) is 5.57 Å². The topological polar surface area (TPSA) is 57.6 Å². The summed E-state index contributed by atoms with van der Waals surface area (Å²) < 4.78 is 0. The van der Waals surface area contributed by atoms with E-state index >= 15 is 0 Å². The number of amides is 2. The first-order valence-electron chi connectivity index (χ1n) is 4.09. The summed E-state index contributed by atoms with van der Waals surface area (Å²) >= 11 is 0. The van der Waals surface area contributed by atoms with Crippen LogP contribution in [0.3, 0.4) is 0 Å². The monoisotopic (exact) mass is 183 g/mol. The van der Waals surface area contributed by atoms with Crippen molar-refractivity contribution in [3.63, 3.8) is 0 Å². The van der Waals surface area contributed by atoms with Gasteiger partial charge in [-0.1, -0.05) is 20.8 Å². The van der Waals surface area contributed by atoms with Crippen LogP contribution in [0.5, 0.6) is 0 Å². The Bertz CT molecular complexity index is 286. The summed E-state index contributed by atoms with van der Waals surface area (Å²) in [6, 6.07) is 0. The smallest absolute Gasteiger partial charge is 0.277 e. The van der Waals surface area contributed by atoms with Gasteiger partial charge in [0.2, 0.25) is 0 Å². The van der Waals surface area contributed by atoms with E-state index in [1.807, 2.05) is 20.8 Å². The van der Waals surface area contributed by atoms with E-state index in [1.54, 1.807) is 0 Å². The van der Waals surface area contributed by atoms with Gasteiger partial charge in [0.05, 0.1) is 6.42 Å². The lowest BCUT2D eigenvalue weighted by Crippen LogP contribution is -2.37. The number of rotatable bonds is 0. The fourth-order valence-electron chi connectivity index (χ4n) is 1.10. The molecule has 4 heteroatoms. The molecule has 1 N–H and O–H groups in total. The third kappa shape index (κ3) is 1.95. The fourth-order valence-corrected chi connectivity index (χ4v) is 1.10. The van der Waals surface area contributed by atoms with Gasteiger partial charge in [0.15, 0.2) is 0 Å². The Labute approximate surface area is 76.8 Å². The molecule has 0 aliphatic carbocycles. The average molecular weight is 183 g/mol. The van der Waals surface area contributed by atoms with Gasteiger partial charge in [0.25, 0.3) is 11.8 Å². The number of hydrogen-bond acceptors (Lipinski definition) is 3. The van der Waals surface area contributed by atoms with E-state index < -0.39 is 11.8 Å². The van der Waals surface area contributed by atoms with Crippen molar-refractivity contribution >= 4 is 11.8 Å². The van der Waals surface area contributed by atoms with Crippen molar-refractivity contribution in [2.75, 3.05) is 0 Å². The van der Waals surface area contributed by atoms with Gasteiger partial charge in [0, 0.05) is 6.08 Å². The first-order chi connectivity index (χ1) is 5.82. The summed E-state index contributed by atoms with van der Waals surface area (Å²) in [5, 5.41) is 9.08. The van der Waals surface area contributed by atoms with Crippen LogP contribution in [0.15, 0.2) is 11.6 Å². The summed E-state index contributed by atoms with van der Waals surface area (Å²) in [6.07, 6.45) is 1.44. The third-order valence-electron chi connectivity index (χ3n) is 2.05. The predicted molar refractivity (Wildman–Crippen MR) is 45.8 cm³/mol. The van der Waals surface area contributed by atoms with Crippen LogP contribution < -0.4 is 0 Å². The minimum Gasteiger partial charge on any atom is -0.278 e. The van der Waals surface area contributed by atoms with Gasteiger partial charge in [-0.2, -0.15) is 5.06 Å². The number of hydrogen-bond donors (Lipinski definition) is 1. The van der Waals surface area contributed by atoms with Crippen molar-refractivity contribution in [1.82, 2.24) is 5.06 Å². The highest BCUT2D eigenvalue weighted by Gasteiger charge is 2.30. The first-order valence-corrected chi connectivity index (χ1v) is 4.09. The quantitative estimate of drug-likeness (QED) is 0.452. The first kappa shape index (κ1) is 9.92. The lowest BCUT2D eigenvalue weighted by molar-refractivity contribution is -0.176. The van der Waals surface area contributed by atoms with Gasteiger partial charge >= 0.3 is 0 Å². The zero-order valence-corrected chi connectivity index (χ0v) is 8.00. The molecule has 0 spiro atoms. The van der Waals surface area contributed by atoms with Crippen LogP contribution in [0.4, 0.5) is 0 Å². The van der Waals surface area contributed by atoms with E-state index in [9.17, 15) is 9.59 Å². The summed E-state index contributed by atoms with van der Waals surface area (Å²) in [5.74, 6) is -1.21. The standard InChI is InChI=1S/C9H13NO3/c1-9(2,3)6-4-7(11)10(13)8(12)5-6/h4,13H,5H2,1-3H3. The zero-order valence-electron chi connectivity index (χ0n) is 8.00. The maximum absolute atomic E-state index is 11.1. The molecule has 0 saturated carbocycles. The molecule has 4 nitrogen and oxygen atoms in total. The van der Waals surface area contributed by atoms with Gasteiger partial charge < -0.3 is 0 Å². The molecule has 0 bridgehead atoms. The Morgan fingerprint density at radius 1 is 1.38 bits per heavy atom. The van der Waals surface area contributed by atoms with E-state index in [2.05, 4.69) is 0 Å². The summed E-state index contributed by atoms with van der Waals surface area (Å²) in [4.78, 5) is 22.1. The van der Waals surface area contributed by atoms with Crippen LogP contribution in [-0.4, -0.2) is 22.1 Å². The molecule has 1 aliphatic rings. The second kappa shape index (κ2) is 2.96. The normalized spacial score (nSPS) is 19.1. The van der Waals surface area contributed by atoms with Crippen molar-refractivity contribution < 1.29 is 14.8 Å². The highest BCUT2D eigenvalue weighted by molar-refractivity contribution is 6.03. The average Bonchev–Trinajstić information content (AvgIpc) is 1.97. The maximum Gasteiger partial charge on any atom is 0.277 e. The van der Waals surface area contributed by atoms with Crippen molar-refractivity contribution in [2.45, 2.75) is 27.2 Å². The number of hydroxylamine groups is 2. The van der Waals surface area contributed by atoms with E-state index in [0.29, 0.717) is 0 Å². The highest BCUT2D eigenvalue weighted by Crippen LogP contribution is 2.30. The van der Waals surface area contributed by atoms with Gasteiger partial charge in [-0.3, -0.25) is 14.8 Å². The molecule has 1 heterocycles. The molecule has 0 fully saturated rings. The summed E-state index contributed by atoms with van der Waals surface area (Å²) in [7, 11) is 0. The van der Waals surface area contributed by atoms with Crippen LogP contribution in [0.1, 0.15) is 27.2 Å². The van der Waals surface area contributed by atoms with E-state index in [1.165, 1.54) is 6.08 Å². The molecule has 0 unspecified atom stereocenters. The predicted octanol–water partition coefficient (Wildman–Crippen LogP) is 1.11. The molecule has 0 aromatic carbocycles. The molecule has 13 heavy (non-hydrogen) atoms. The number of nitrogens with zero attached hydrogens (tertiary/aromatic N) is 1. The minimum atomic E-state index is -0.652. The third-order valence-corrected chi connectivity index (χ3v) is 2.05. The van der Waals surface area contributed by atoms with Crippen LogP contribution in [0, 0.1) is 5.41 Å². The van der Waals surface area contributed by atoms with E-state index in [4.69, 9.17) is 5.21 Å². The zero-order chi connectivity index (χ0) is 10.2. The van der Waals surface area contributed by atoms with Crippen molar-refractivity contribution in [3.8, 4) is 0 Å². The van der Waals surface area contributed by atoms with Crippen molar-refractivity contribution in [3.05, 3.63) is 11.6 Å². The second-order valence-electron chi connectivity index (χ2n) is 4.14. The summed E-state index contributed by atoms with van der Waals surface area (Å²) in [6.45, 7) is 5.77. The van der Waals surface area contributed by atoms with Crippen LogP contribution in [0.2, 0.25) is 0 Å². The summed E-state index contributed by atoms with van der Waals surface area (Å²) in [5.41, 5.74) is 0.555. The molecule has 0 aromatic heterocycles. The lowest BCUT2D eigenvalue weighted by atomic mass is 9.83. The Hall–Kier alpha value is -1.16. The molecule has 2 amide bonds. The molecule has 0 saturated heterocycles. The van der Waals surface area contributed by atoms with Crippen LogP contribution >= 0.6 is 0 Å². The van der Waals surface area contributed by atoms with E-state index in [-0.39, 0.29) is 16.9 Å². The Morgan fingerprint density at radius 2 is 1.92 bits per heavy atom. The van der Waals surface area contributed by atoms with Gasteiger partial charge in [0.1, 0.15) is 0 Å². The van der Waals surface area contributed by atoms with Gasteiger partial charge in [-0.05, 0) is 11.0 Å². The minimum absolute atomic E-state index is 0.117. The molecular formula is C9H13NO3. The SMILES string of the molecule is CC(C)(C)C1=CC(=O)N(O)C(=O)C1. The number of carbonyl (C=O) groups excluding carboxylic acids is 2. The molecule has 0 aromatic rings. The highest BCUT2D eigenvalue weighted by atomic mass is 16.5. The molecule has 1 rings (SSSR count). The molecular weight excluding hydrogens is 170 g/mol. The molecule has 1 aliphatic heterocycles. The van der Waals surface area contributed by atoms with Crippen molar-refractivity contribution in [2.24, 2.45) is 5.41 Å². The lowest BCUT2D eigenvalue weighted by Gasteiger charge is -2.27.